The largest absolute Gasteiger partial charge is 0.494 e. The van der Waals surface area contributed by atoms with Crippen LogP contribution in [0.2, 0.25) is 0 Å². The smallest absolute Gasteiger partial charge is 0.119 e. The van der Waals surface area contributed by atoms with Gasteiger partial charge in [-0.25, -0.2) is 0 Å². The lowest BCUT2D eigenvalue weighted by Crippen LogP contribution is -2.32. The van der Waals surface area contributed by atoms with E-state index >= 15 is 0 Å². The van der Waals surface area contributed by atoms with Crippen molar-refractivity contribution in [1.29, 1.82) is 0 Å². The number of rotatable bonds is 8. The van der Waals surface area contributed by atoms with Crippen molar-refractivity contribution >= 4 is 0 Å². The fourth-order valence-electron chi connectivity index (χ4n) is 2.07. The Morgan fingerprint density at radius 3 is 2.68 bits per heavy atom. The van der Waals surface area contributed by atoms with Gasteiger partial charge in [0.2, 0.25) is 0 Å². The summed E-state index contributed by atoms with van der Waals surface area (Å²) in [6, 6.07) is 14.3. The number of nitrogens with one attached hydrogen (secondary N) is 1. The highest BCUT2D eigenvalue weighted by molar-refractivity contribution is 5.20. The van der Waals surface area contributed by atoms with Crippen LogP contribution < -0.4 is 10.1 Å². The Balaban J connectivity index is 1.77. The van der Waals surface area contributed by atoms with Crippen molar-refractivity contribution in [3.8, 4) is 5.75 Å². The van der Waals surface area contributed by atoms with Crippen LogP contribution in [0.1, 0.15) is 19.1 Å². The van der Waals surface area contributed by atoms with Gasteiger partial charge in [0.15, 0.2) is 0 Å². The summed E-state index contributed by atoms with van der Waals surface area (Å²) < 4.78 is 11.1. The Hall–Kier alpha value is -1.74. The van der Waals surface area contributed by atoms with Crippen molar-refractivity contribution in [2.24, 2.45) is 0 Å². The first-order chi connectivity index (χ1) is 9.38. The zero-order chi connectivity index (χ0) is 13.3. The molecule has 1 N–H and O–H groups in total. The zero-order valence-corrected chi connectivity index (χ0v) is 11.3. The van der Waals surface area contributed by atoms with Crippen LogP contribution in [-0.4, -0.2) is 19.2 Å². The van der Waals surface area contributed by atoms with E-state index in [4.69, 9.17) is 9.15 Å². The average Bonchev–Trinajstić information content (AvgIpc) is 2.93. The van der Waals surface area contributed by atoms with E-state index in [1.54, 1.807) is 6.26 Å². The third-order valence-corrected chi connectivity index (χ3v) is 3.00. The molecule has 0 spiro atoms. The van der Waals surface area contributed by atoms with Gasteiger partial charge in [-0.15, -0.1) is 0 Å². The molecular weight excluding hydrogens is 238 g/mol. The molecule has 0 bridgehead atoms. The van der Waals surface area contributed by atoms with E-state index in [1.165, 1.54) is 0 Å². The lowest BCUT2D eigenvalue weighted by molar-refractivity contribution is 0.282. The number of hydrogen-bond donors (Lipinski definition) is 1. The van der Waals surface area contributed by atoms with Gasteiger partial charge < -0.3 is 14.5 Å². The standard InChI is InChI=1S/C16H21NO2/c1-2-17-14(13-16-9-6-11-18-16)10-12-19-15-7-4-3-5-8-15/h3-9,11,14,17H,2,10,12-13H2,1H3. The topological polar surface area (TPSA) is 34.4 Å². The van der Waals surface area contributed by atoms with Crippen molar-refractivity contribution < 1.29 is 9.15 Å². The maximum atomic E-state index is 5.73. The highest BCUT2D eigenvalue weighted by Gasteiger charge is 2.10. The molecule has 0 aliphatic rings. The highest BCUT2D eigenvalue weighted by atomic mass is 16.5. The third kappa shape index (κ3) is 4.79. The average molecular weight is 259 g/mol. The molecule has 2 aromatic rings. The molecule has 0 saturated heterocycles. The molecule has 0 aliphatic heterocycles. The number of likely N-dealkylation sites (N-methyl/N-ethyl adjacent to an activating group) is 1. The number of ether oxygens (including phenoxy) is 1. The van der Waals surface area contributed by atoms with Gasteiger partial charge in [-0.05, 0) is 37.2 Å². The highest BCUT2D eigenvalue weighted by Crippen LogP contribution is 2.11. The molecule has 1 aromatic carbocycles. The Morgan fingerprint density at radius 1 is 1.16 bits per heavy atom. The summed E-state index contributed by atoms with van der Waals surface area (Å²) in [5.41, 5.74) is 0. The fourth-order valence-corrected chi connectivity index (χ4v) is 2.07. The van der Waals surface area contributed by atoms with E-state index in [-0.39, 0.29) is 0 Å². The molecule has 3 nitrogen and oxygen atoms in total. The van der Waals surface area contributed by atoms with E-state index in [2.05, 4.69) is 12.2 Å². The first kappa shape index (κ1) is 13.7. The lowest BCUT2D eigenvalue weighted by atomic mass is 10.1. The summed E-state index contributed by atoms with van der Waals surface area (Å²) in [5.74, 6) is 1.95. The summed E-state index contributed by atoms with van der Waals surface area (Å²) in [6.45, 7) is 3.78. The normalized spacial score (nSPS) is 12.3. The Kier molecular flexibility index (Phi) is 5.50. The monoisotopic (exact) mass is 259 g/mol. The van der Waals surface area contributed by atoms with E-state index in [9.17, 15) is 0 Å². The Labute approximate surface area is 114 Å². The first-order valence-corrected chi connectivity index (χ1v) is 6.82. The molecule has 1 heterocycles. The van der Waals surface area contributed by atoms with Crippen LogP contribution in [0.25, 0.3) is 0 Å². The maximum Gasteiger partial charge on any atom is 0.119 e. The molecule has 0 amide bonds. The van der Waals surface area contributed by atoms with Gasteiger partial charge in [-0.2, -0.15) is 0 Å². The molecule has 1 unspecified atom stereocenters. The molecule has 1 atom stereocenters. The van der Waals surface area contributed by atoms with Crippen LogP contribution in [0.5, 0.6) is 5.75 Å². The summed E-state index contributed by atoms with van der Waals surface area (Å²) >= 11 is 0. The van der Waals surface area contributed by atoms with E-state index in [0.29, 0.717) is 12.6 Å². The lowest BCUT2D eigenvalue weighted by Gasteiger charge is -2.17. The number of hydrogen-bond acceptors (Lipinski definition) is 3. The predicted octanol–water partition coefficient (Wildman–Crippen LogP) is 3.27. The summed E-state index contributed by atoms with van der Waals surface area (Å²) in [4.78, 5) is 0. The van der Waals surface area contributed by atoms with Crippen molar-refractivity contribution in [3.05, 3.63) is 54.5 Å². The van der Waals surface area contributed by atoms with Crippen molar-refractivity contribution in [2.45, 2.75) is 25.8 Å². The SMILES string of the molecule is CCNC(CCOc1ccccc1)Cc1ccco1. The van der Waals surface area contributed by atoms with Crippen LogP contribution in [0.3, 0.4) is 0 Å². The van der Waals surface area contributed by atoms with Crippen molar-refractivity contribution in [2.75, 3.05) is 13.2 Å². The van der Waals surface area contributed by atoms with Gasteiger partial charge in [0.25, 0.3) is 0 Å². The number of benzene rings is 1. The van der Waals surface area contributed by atoms with Gasteiger partial charge in [-0.3, -0.25) is 0 Å². The van der Waals surface area contributed by atoms with Crippen molar-refractivity contribution in [3.63, 3.8) is 0 Å². The minimum atomic E-state index is 0.389. The third-order valence-electron chi connectivity index (χ3n) is 3.00. The summed E-state index contributed by atoms with van der Waals surface area (Å²) in [6.07, 6.45) is 3.58. The van der Waals surface area contributed by atoms with E-state index in [1.807, 2.05) is 42.5 Å². The minimum absolute atomic E-state index is 0.389. The molecule has 0 radical (unpaired) electrons. The van der Waals surface area contributed by atoms with E-state index < -0.39 is 0 Å². The molecule has 0 saturated carbocycles. The van der Waals surface area contributed by atoms with Gasteiger partial charge >= 0.3 is 0 Å². The maximum absolute atomic E-state index is 5.73. The molecular formula is C16H21NO2. The second-order valence-corrected chi connectivity index (χ2v) is 4.49. The molecule has 102 valence electrons. The minimum Gasteiger partial charge on any atom is -0.494 e. The van der Waals surface area contributed by atoms with Crippen LogP contribution in [0.15, 0.2) is 53.1 Å². The number of furan rings is 1. The molecule has 19 heavy (non-hydrogen) atoms. The van der Waals surface area contributed by atoms with Gasteiger partial charge in [0.05, 0.1) is 12.9 Å². The zero-order valence-electron chi connectivity index (χ0n) is 11.3. The second-order valence-electron chi connectivity index (χ2n) is 4.49. The summed E-state index contributed by atoms with van der Waals surface area (Å²) in [5, 5.41) is 3.47. The molecule has 1 aromatic heterocycles. The van der Waals surface area contributed by atoms with Crippen LogP contribution >= 0.6 is 0 Å². The Morgan fingerprint density at radius 2 is 2.00 bits per heavy atom. The van der Waals surface area contributed by atoms with Crippen LogP contribution in [0, 0.1) is 0 Å². The first-order valence-electron chi connectivity index (χ1n) is 6.82. The second kappa shape index (κ2) is 7.64. The molecule has 0 fully saturated rings. The van der Waals surface area contributed by atoms with Gasteiger partial charge in [0.1, 0.15) is 11.5 Å². The predicted molar refractivity (Wildman–Crippen MR) is 76.4 cm³/mol. The van der Waals surface area contributed by atoms with Gasteiger partial charge in [0, 0.05) is 12.5 Å². The Bertz CT molecular complexity index is 439. The number of para-hydroxylation sites is 1. The molecule has 3 heteroatoms. The molecule has 2 rings (SSSR count). The quantitative estimate of drug-likeness (QED) is 0.790. The molecule has 0 aliphatic carbocycles. The van der Waals surface area contributed by atoms with Crippen LogP contribution in [-0.2, 0) is 6.42 Å². The van der Waals surface area contributed by atoms with Crippen molar-refractivity contribution in [1.82, 2.24) is 5.32 Å². The summed E-state index contributed by atoms with van der Waals surface area (Å²) in [7, 11) is 0. The fraction of sp³-hybridized carbons (Fsp3) is 0.375. The van der Waals surface area contributed by atoms with Crippen LogP contribution in [0.4, 0.5) is 0 Å². The van der Waals surface area contributed by atoms with E-state index in [0.717, 1.165) is 30.9 Å². The van der Waals surface area contributed by atoms with Gasteiger partial charge in [-0.1, -0.05) is 25.1 Å².